The minimum Gasteiger partial charge on any atom is -0.304 e. The van der Waals surface area contributed by atoms with E-state index in [0.717, 1.165) is 24.1 Å². The van der Waals surface area contributed by atoms with Crippen LogP contribution in [0, 0.1) is 5.82 Å². The zero-order valence-electron chi connectivity index (χ0n) is 11.2. The average Bonchev–Trinajstić information content (AvgIpc) is 2.98. The molecule has 0 saturated heterocycles. The Morgan fingerprint density at radius 2 is 2.13 bits per heavy atom. The van der Waals surface area contributed by atoms with E-state index in [2.05, 4.69) is 9.71 Å². The minimum atomic E-state index is -4.78. The van der Waals surface area contributed by atoms with Gasteiger partial charge in [-0.3, -0.25) is 4.72 Å². The number of carbonyl (C=O) groups is 1. The van der Waals surface area contributed by atoms with Gasteiger partial charge in [-0.05, 0) is 35.6 Å². The molecule has 4 nitrogen and oxygen atoms in total. The van der Waals surface area contributed by atoms with Crippen LogP contribution >= 0.6 is 23.3 Å². The van der Waals surface area contributed by atoms with Crippen molar-refractivity contribution in [3.8, 4) is 0 Å². The lowest BCUT2D eigenvalue weighted by Crippen LogP contribution is -2.25. The maximum absolute atomic E-state index is 13.5. The summed E-state index contributed by atoms with van der Waals surface area (Å²) in [5, 5.41) is 5.82. The first kappa shape index (κ1) is 17.3. The van der Waals surface area contributed by atoms with Crippen LogP contribution in [0.15, 0.2) is 35.2 Å². The molecule has 2 rings (SSSR count). The lowest BCUT2D eigenvalue weighted by Gasteiger charge is -2.14. The first-order chi connectivity index (χ1) is 10.9. The number of aromatic nitrogens is 1. The number of alkyl halides is 3. The Balaban J connectivity index is 1.98. The molecule has 10 heteroatoms. The molecular formula is C13H9F4N3OS2. The number of carbonyl (C=O) groups excluding carboxylic acids is 1. The number of hydrogen-bond donors (Lipinski definition) is 2. The topological polar surface area (TPSA) is 54.0 Å². The van der Waals surface area contributed by atoms with E-state index in [0.29, 0.717) is 11.1 Å². The summed E-state index contributed by atoms with van der Waals surface area (Å²) in [5.41, 5.74) is -2.17. The predicted molar refractivity (Wildman–Crippen MR) is 82.3 cm³/mol. The number of thiazole rings is 1. The number of nitrogens with zero attached hydrogens (tertiary/aromatic N) is 1. The highest BCUT2D eigenvalue weighted by molar-refractivity contribution is 8.00. The third-order valence-corrected chi connectivity index (χ3v) is 3.76. The lowest BCUT2D eigenvalue weighted by molar-refractivity contribution is -0.137. The Morgan fingerprint density at radius 1 is 1.35 bits per heavy atom. The molecular weight excluding hydrogens is 354 g/mol. The van der Waals surface area contributed by atoms with Crippen LogP contribution in [0.3, 0.4) is 0 Å². The molecule has 2 aromatic rings. The van der Waals surface area contributed by atoms with Crippen LogP contribution in [0.1, 0.15) is 10.6 Å². The largest absolute Gasteiger partial charge is 0.418 e. The van der Waals surface area contributed by atoms with Crippen LogP contribution in [0.4, 0.5) is 28.0 Å². The van der Waals surface area contributed by atoms with Gasteiger partial charge in [-0.15, -0.1) is 11.3 Å². The Hall–Kier alpha value is -2.07. The molecule has 0 spiro atoms. The molecule has 122 valence electrons. The van der Waals surface area contributed by atoms with E-state index < -0.39 is 29.3 Å². The number of nitrogens with one attached hydrogen (secondary N) is 2. The van der Waals surface area contributed by atoms with Gasteiger partial charge in [-0.25, -0.2) is 14.2 Å². The molecule has 0 saturated carbocycles. The number of urea groups is 1. The second-order valence-corrected chi connectivity index (χ2v) is 5.65. The first-order valence-electron chi connectivity index (χ1n) is 6.02. The summed E-state index contributed by atoms with van der Waals surface area (Å²) in [7, 11) is 0. The standard InChI is InChI=1S/C13H9F4N3OS2/c14-9-3-1-2-8(13(15,16)17)11(9)19-12(21)20-23-6-4-10-18-5-7-22-10/h1-7H,(H2,19,20,21)/b6-4+. The Morgan fingerprint density at radius 3 is 2.78 bits per heavy atom. The normalized spacial score (nSPS) is 11.7. The van der Waals surface area contributed by atoms with Crippen molar-refractivity contribution in [2.75, 3.05) is 5.32 Å². The van der Waals surface area contributed by atoms with Crippen LogP contribution in [0.5, 0.6) is 0 Å². The molecule has 0 aliphatic heterocycles. The van der Waals surface area contributed by atoms with Crippen LogP contribution in [-0.2, 0) is 6.18 Å². The van der Waals surface area contributed by atoms with Gasteiger partial charge < -0.3 is 5.32 Å². The second-order valence-electron chi connectivity index (χ2n) is 4.01. The number of rotatable bonds is 4. The van der Waals surface area contributed by atoms with Gasteiger partial charge in [-0.2, -0.15) is 13.2 Å². The van der Waals surface area contributed by atoms with Crippen molar-refractivity contribution < 1.29 is 22.4 Å². The molecule has 0 atom stereocenters. The van der Waals surface area contributed by atoms with Crippen molar-refractivity contribution in [3.05, 3.63) is 51.6 Å². The fraction of sp³-hybridized carbons (Fsp3) is 0.0769. The molecule has 0 fully saturated rings. The van der Waals surface area contributed by atoms with Crippen LogP contribution in [-0.4, -0.2) is 11.0 Å². The number of benzene rings is 1. The Labute approximate surface area is 136 Å². The van der Waals surface area contributed by atoms with E-state index in [1.807, 2.05) is 5.32 Å². The zero-order chi connectivity index (χ0) is 16.9. The van der Waals surface area contributed by atoms with Gasteiger partial charge in [0.05, 0.1) is 11.3 Å². The maximum atomic E-state index is 13.5. The van der Waals surface area contributed by atoms with Gasteiger partial charge in [-0.1, -0.05) is 6.07 Å². The smallest absolute Gasteiger partial charge is 0.304 e. The molecule has 23 heavy (non-hydrogen) atoms. The summed E-state index contributed by atoms with van der Waals surface area (Å²) < 4.78 is 54.1. The SMILES string of the molecule is O=C(NS/C=C/c1nccs1)Nc1c(F)cccc1C(F)(F)F. The number of anilines is 1. The highest BCUT2D eigenvalue weighted by atomic mass is 32.2. The number of amides is 2. The second kappa shape index (κ2) is 7.47. The molecule has 0 unspecified atom stereocenters. The molecule has 0 aliphatic rings. The van der Waals surface area contributed by atoms with E-state index in [1.165, 1.54) is 16.7 Å². The highest BCUT2D eigenvalue weighted by Crippen LogP contribution is 2.36. The van der Waals surface area contributed by atoms with Crippen LogP contribution in [0.2, 0.25) is 0 Å². The number of para-hydroxylation sites is 1. The summed E-state index contributed by atoms with van der Waals surface area (Å²) >= 11 is 2.20. The van der Waals surface area contributed by atoms with Crippen LogP contribution in [0.25, 0.3) is 6.08 Å². The van der Waals surface area contributed by atoms with E-state index in [-0.39, 0.29) is 0 Å². The van der Waals surface area contributed by atoms with Crippen molar-refractivity contribution in [3.63, 3.8) is 0 Å². The average molecular weight is 363 g/mol. The molecule has 0 bridgehead atoms. The number of hydrogen-bond acceptors (Lipinski definition) is 4. The Kier molecular flexibility index (Phi) is 5.61. The summed E-state index contributed by atoms with van der Waals surface area (Å²) in [6.45, 7) is 0. The minimum absolute atomic E-state index is 0.689. The monoisotopic (exact) mass is 363 g/mol. The molecule has 2 N–H and O–H groups in total. The van der Waals surface area contributed by atoms with Gasteiger partial charge in [0.2, 0.25) is 0 Å². The summed E-state index contributed by atoms with van der Waals surface area (Å²) in [4.78, 5) is 15.5. The van der Waals surface area contributed by atoms with Crippen molar-refractivity contribution in [1.82, 2.24) is 9.71 Å². The maximum Gasteiger partial charge on any atom is 0.418 e. The number of halogens is 4. The third-order valence-electron chi connectivity index (χ3n) is 2.44. The lowest BCUT2D eigenvalue weighted by atomic mass is 10.1. The summed E-state index contributed by atoms with van der Waals surface area (Å²) in [6.07, 6.45) is -1.56. The van der Waals surface area contributed by atoms with Gasteiger partial charge in [0.15, 0.2) is 0 Å². The molecule has 2 amide bonds. The summed E-state index contributed by atoms with van der Waals surface area (Å²) in [6, 6.07) is 1.47. The van der Waals surface area contributed by atoms with Crippen molar-refractivity contribution in [1.29, 1.82) is 0 Å². The Bertz CT molecular complexity index is 702. The molecule has 1 aromatic heterocycles. The molecule has 1 aromatic carbocycles. The van der Waals surface area contributed by atoms with Crippen molar-refractivity contribution in [2.45, 2.75) is 6.18 Å². The van der Waals surface area contributed by atoms with E-state index in [1.54, 1.807) is 17.7 Å². The zero-order valence-corrected chi connectivity index (χ0v) is 12.9. The van der Waals surface area contributed by atoms with Gasteiger partial charge in [0.25, 0.3) is 0 Å². The van der Waals surface area contributed by atoms with Crippen molar-refractivity contribution in [2.24, 2.45) is 0 Å². The van der Waals surface area contributed by atoms with E-state index in [4.69, 9.17) is 0 Å². The van der Waals surface area contributed by atoms with Gasteiger partial charge in [0.1, 0.15) is 10.8 Å². The van der Waals surface area contributed by atoms with Crippen LogP contribution < -0.4 is 10.0 Å². The fourth-order valence-electron chi connectivity index (χ4n) is 1.52. The summed E-state index contributed by atoms with van der Waals surface area (Å²) in [5.74, 6) is -1.17. The van der Waals surface area contributed by atoms with Gasteiger partial charge in [0, 0.05) is 11.6 Å². The molecule has 0 radical (unpaired) electrons. The molecule has 0 aliphatic carbocycles. The molecule has 1 heterocycles. The van der Waals surface area contributed by atoms with Gasteiger partial charge >= 0.3 is 12.2 Å². The first-order valence-corrected chi connectivity index (χ1v) is 7.78. The predicted octanol–water partition coefficient (Wildman–Crippen LogP) is 4.74. The third kappa shape index (κ3) is 4.96. The quantitative estimate of drug-likeness (QED) is 0.609. The van der Waals surface area contributed by atoms with Crippen molar-refractivity contribution >= 4 is 41.1 Å². The fourth-order valence-corrected chi connectivity index (χ4v) is 2.56. The highest BCUT2D eigenvalue weighted by Gasteiger charge is 2.35. The van der Waals surface area contributed by atoms with E-state index >= 15 is 0 Å². The van der Waals surface area contributed by atoms with E-state index in [9.17, 15) is 22.4 Å².